The second kappa shape index (κ2) is 5.69. The Balaban J connectivity index is 1.51. The first-order valence-electron chi connectivity index (χ1n) is 6.40. The fourth-order valence-corrected chi connectivity index (χ4v) is 2.18. The highest BCUT2D eigenvalue weighted by Crippen LogP contribution is 2.10. The molecule has 0 saturated carbocycles. The highest BCUT2D eigenvalue weighted by Gasteiger charge is 2.28. The minimum Gasteiger partial charge on any atom is -0.451 e. The van der Waals surface area contributed by atoms with E-state index in [1.807, 2.05) is 0 Å². The summed E-state index contributed by atoms with van der Waals surface area (Å²) in [4.78, 5) is 29.3. The molecule has 1 fully saturated rings. The van der Waals surface area contributed by atoms with Crippen LogP contribution in [0, 0.1) is 0 Å². The number of hydrogen-bond donors (Lipinski definition) is 1. The molecular formula is C11H13N7O3. The van der Waals surface area contributed by atoms with Crippen LogP contribution in [-0.4, -0.2) is 61.0 Å². The van der Waals surface area contributed by atoms with E-state index in [-0.39, 0.29) is 30.1 Å². The second-order valence-corrected chi connectivity index (χ2v) is 4.68. The van der Waals surface area contributed by atoms with Gasteiger partial charge in [-0.2, -0.15) is 0 Å². The molecule has 1 N–H and O–H groups in total. The molecule has 2 amide bonds. The van der Waals surface area contributed by atoms with Gasteiger partial charge in [-0.1, -0.05) is 0 Å². The van der Waals surface area contributed by atoms with E-state index >= 15 is 0 Å². The molecule has 10 heteroatoms. The van der Waals surface area contributed by atoms with Gasteiger partial charge >= 0.3 is 0 Å². The molecule has 21 heavy (non-hydrogen) atoms. The lowest BCUT2D eigenvalue weighted by molar-refractivity contribution is -0.131. The number of hydrogen-bond acceptors (Lipinski definition) is 7. The van der Waals surface area contributed by atoms with E-state index in [1.165, 1.54) is 23.7 Å². The number of likely N-dealkylation sites (tertiary alicyclic amines) is 1. The topological polar surface area (TPSA) is 119 Å². The van der Waals surface area contributed by atoms with Crippen molar-refractivity contribution in [3.05, 3.63) is 24.7 Å². The maximum absolute atomic E-state index is 12.0. The van der Waals surface area contributed by atoms with Crippen molar-refractivity contribution in [3.63, 3.8) is 0 Å². The number of oxazole rings is 1. The first-order chi connectivity index (χ1) is 10.2. The normalized spacial score (nSPS) is 17.9. The zero-order valence-electron chi connectivity index (χ0n) is 11.0. The number of tetrazole rings is 1. The molecule has 0 bridgehead atoms. The maximum atomic E-state index is 12.0. The van der Waals surface area contributed by atoms with Crippen LogP contribution in [-0.2, 0) is 11.3 Å². The van der Waals surface area contributed by atoms with Crippen molar-refractivity contribution in [2.45, 2.75) is 19.0 Å². The van der Waals surface area contributed by atoms with Crippen LogP contribution in [0.25, 0.3) is 0 Å². The first kappa shape index (κ1) is 13.2. The molecule has 0 aliphatic carbocycles. The van der Waals surface area contributed by atoms with Gasteiger partial charge in [-0.25, -0.2) is 9.67 Å². The Morgan fingerprint density at radius 1 is 1.48 bits per heavy atom. The van der Waals surface area contributed by atoms with Crippen molar-refractivity contribution in [2.24, 2.45) is 0 Å². The Hall–Kier alpha value is -2.78. The van der Waals surface area contributed by atoms with Gasteiger partial charge < -0.3 is 14.6 Å². The number of amides is 2. The Kier molecular flexibility index (Phi) is 3.58. The minimum atomic E-state index is -0.302. The van der Waals surface area contributed by atoms with Crippen LogP contribution in [0.4, 0.5) is 0 Å². The fourth-order valence-electron chi connectivity index (χ4n) is 2.18. The van der Waals surface area contributed by atoms with Crippen molar-refractivity contribution < 1.29 is 14.0 Å². The van der Waals surface area contributed by atoms with Crippen LogP contribution >= 0.6 is 0 Å². The fraction of sp³-hybridized carbons (Fsp3) is 0.455. The third-order valence-electron chi connectivity index (χ3n) is 3.23. The molecule has 10 nitrogen and oxygen atoms in total. The molecule has 1 saturated heterocycles. The lowest BCUT2D eigenvalue weighted by atomic mass is 10.2. The number of aromatic nitrogens is 5. The highest BCUT2D eigenvalue weighted by molar-refractivity contribution is 5.92. The molecule has 0 spiro atoms. The lowest BCUT2D eigenvalue weighted by Crippen LogP contribution is -2.39. The summed E-state index contributed by atoms with van der Waals surface area (Å²) in [6.07, 6.45) is 4.57. The Bertz CT molecular complexity index is 610. The van der Waals surface area contributed by atoms with E-state index in [1.54, 1.807) is 4.90 Å². The molecule has 0 radical (unpaired) electrons. The van der Waals surface area contributed by atoms with Crippen LogP contribution < -0.4 is 5.32 Å². The smallest absolute Gasteiger partial charge is 0.273 e. The van der Waals surface area contributed by atoms with E-state index in [9.17, 15) is 9.59 Å². The van der Waals surface area contributed by atoms with E-state index in [0.29, 0.717) is 19.5 Å². The highest BCUT2D eigenvalue weighted by atomic mass is 16.3. The van der Waals surface area contributed by atoms with Crippen molar-refractivity contribution in [1.29, 1.82) is 0 Å². The summed E-state index contributed by atoms with van der Waals surface area (Å²) in [6, 6.07) is -0.0907. The molecular weight excluding hydrogens is 278 g/mol. The monoisotopic (exact) mass is 291 g/mol. The summed E-state index contributed by atoms with van der Waals surface area (Å²) in [5, 5.41) is 13.4. The average molecular weight is 291 g/mol. The largest absolute Gasteiger partial charge is 0.451 e. The molecule has 0 unspecified atom stereocenters. The zero-order chi connectivity index (χ0) is 14.7. The van der Waals surface area contributed by atoms with Crippen LogP contribution in [0.15, 0.2) is 23.4 Å². The number of nitrogens with one attached hydrogen (secondary N) is 1. The van der Waals surface area contributed by atoms with Gasteiger partial charge in [0, 0.05) is 19.1 Å². The predicted molar refractivity (Wildman–Crippen MR) is 66.8 cm³/mol. The third-order valence-corrected chi connectivity index (χ3v) is 3.23. The van der Waals surface area contributed by atoms with Crippen LogP contribution in [0.2, 0.25) is 0 Å². The molecule has 3 rings (SSSR count). The standard InChI is InChI=1S/C11H13N7O3/c19-10(4-18-6-13-15-16-18)17-2-1-8(3-17)14-11(20)9-5-21-7-12-9/h5-8H,1-4H2,(H,14,20)/t8-/m0/s1. The van der Waals surface area contributed by atoms with Gasteiger partial charge in [-0.3, -0.25) is 9.59 Å². The van der Waals surface area contributed by atoms with E-state index < -0.39 is 0 Å². The van der Waals surface area contributed by atoms with Crippen LogP contribution in [0.3, 0.4) is 0 Å². The SMILES string of the molecule is O=C(N[C@H]1CCN(C(=O)Cn2cnnn2)C1)c1cocn1. The summed E-state index contributed by atoms with van der Waals surface area (Å²) < 4.78 is 6.12. The van der Waals surface area contributed by atoms with E-state index in [0.717, 1.165) is 0 Å². The van der Waals surface area contributed by atoms with Gasteiger partial charge in [0.2, 0.25) is 5.91 Å². The maximum Gasteiger partial charge on any atom is 0.273 e. The molecule has 3 heterocycles. The average Bonchev–Trinajstić information content (AvgIpc) is 3.21. The minimum absolute atomic E-state index is 0.0829. The lowest BCUT2D eigenvalue weighted by Gasteiger charge is -2.16. The Morgan fingerprint density at radius 3 is 3.10 bits per heavy atom. The Morgan fingerprint density at radius 2 is 2.38 bits per heavy atom. The van der Waals surface area contributed by atoms with Crippen molar-refractivity contribution in [1.82, 2.24) is 35.4 Å². The Labute approximate surface area is 119 Å². The number of nitrogens with zero attached hydrogens (tertiary/aromatic N) is 6. The third kappa shape index (κ3) is 3.04. The number of carbonyl (C=O) groups is 2. The quantitative estimate of drug-likeness (QED) is 0.742. The molecule has 1 aliphatic heterocycles. The zero-order valence-corrected chi connectivity index (χ0v) is 11.0. The number of rotatable bonds is 4. The van der Waals surface area contributed by atoms with Crippen molar-refractivity contribution in [3.8, 4) is 0 Å². The van der Waals surface area contributed by atoms with Gasteiger partial charge in [-0.15, -0.1) is 5.10 Å². The van der Waals surface area contributed by atoms with Crippen LogP contribution in [0.5, 0.6) is 0 Å². The predicted octanol–water partition coefficient (Wildman–Crippen LogP) is -1.31. The summed E-state index contributed by atoms with van der Waals surface area (Å²) in [7, 11) is 0. The number of carbonyl (C=O) groups excluding carboxylic acids is 2. The molecule has 2 aromatic rings. The molecule has 1 atom stereocenters. The van der Waals surface area contributed by atoms with Crippen LogP contribution in [0.1, 0.15) is 16.9 Å². The van der Waals surface area contributed by atoms with Crippen molar-refractivity contribution in [2.75, 3.05) is 13.1 Å². The van der Waals surface area contributed by atoms with Gasteiger partial charge in [0.1, 0.15) is 19.1 Å². The summed E-state index contributed by atoms with van der Waals surface area (Å²) in [6.45, 7) is 1.15. The van der Waals surface area contributed by atoms with Gasteiger partial charge in [0.25, 0.3) is 5.91 Å². The van der Waals surface area contributed by atoms with E-state index in [4.69, 9.17) is 4.42 Å². The summed E-state index contributed by atoms with van der Waals surface area (Å²) >= 11 is 0. The first-order valence-corrected chi connectivity index (χ1v) is 6.40. The van der Waals surface area contributed by atoms with E-state index in [2.05, 4.69) is 25.8 Å². The molecule has 110 valence electrons. The molecule has 1 aliphatic rings. The summed E-state index contributed by atoms with van der Waals surface area (Å²) in [5.41, 5.74) is 0.230. The van der Waals surface area contributed by atoms with Gasteiger partial charge in [0.05, 0.1) is 0 Å². The summed E-state index contributed by atoms with van der Waals surface area (Å²) in [5.74, 6) is -0.385. The molecule has 2 aromatic heterocycles. The van der Waals surface area contributed by atoms with Gasteiger partial charge in [-0.05, 0) is 16.8 Å². The second-order valence-electron chi connectivity index (χ2n) is 4.68. The van der Waals surface area contributed by atoms with Crippen molar-refractivity contribution >= 4 is 11.8 Å². The molecule has 0 aromatic carbocycles. The van der Waals surface area contributed by atoms with Gasteiger partial charge in [0.15, 0.2) is 12.1 Å².